The Balaban J connectivity index is 2.46. The number of aromatic amines is 1. The fourth-order valence-electron chi connectivity index (χ4n) is 1.52. The zero-order chi connectivity index (χ0) is 12.4. The van der Waals surface area contributed by atoms with E-state index in [4.69, 9.17) is 5.73 Å². The van der Waals surface area contributed by atoms with Crippen molar-refractivity contribution in [1.82, 2.24) is 9.78 Å². The maximum absolute atomic E-state index is 13.0. The maximum Gasteiger partial charge on any atom is 0.271 e. The Morgan fingerprint density at radius 2 is 2.24 bits per heavy atom. The number of H-pyrrole nitrogens is 1. The molecule has 2 rings (SSSR count). The molecule has 1 heterocycles. The molecule has 0 radical (unpaired) electrons. The average Bonchev–Trinajstić information content (AvgIpc) is 2.70. The molecule has 90 valence electrons. The molecular formula is C11H12FN3O2. The molecular weight excluding hydrogens is 225 g/mol. The summed E-state index contributed by atoms with van der Waals surface area (Å²) in [5.74, 6) is -0.440. The molecule has 1 aromatic heterocycles. The van der Waals surface area contributed by atoms with E-state index in [1.165, 1.54) is 24.3 Å². The van der Waals surface area contributed by atoms with E-state index in [9.17, 15) is 14.3 Å². The highest BCUT2D eigenvalue weighted by Gasteiger charge is 2.11. The van der Waals surface area contributed by atoms with Gasteiger partial charge in [0.1, 0.15) is 11.9 Å². The molecule has 2 aromatic rings. The van der Waals surface area contributed by atoms with Gasteiger partial charge < -0.3 is 10.8 Å². The molecule has 6 heteroatoms. The predicted molar refractivity (Wildman–Crippen MR) is 60.4 cm³/mol. The zero-order valence-electron chi connectivity index (χ0n) is 8.93. The Labute approximate surface area is 96.3 Å². The topological polar surface area (TPSA) is 84.0 Å². The molecule has 0 bridgehead atoms. The Kier molecular flexibility index (Phi) is 3.08. The smallest absolute Gasteiger partial charge is 0.271 e. The summed E-state index contributed by atoms with van der Waals surface area (Å²) >= 11 is 0. The normalized spacial score (nSPS) is 12.6. The van der Waals surface area contributed by atoms with E-state index in [0.717, 1.165) is 4.68 Å². The van der Waals surface area contributed by atoms with Crippen molar-refractivity contribution in [3.05, 3.63) is 52.2 Å². The third kappa shape index (κ3) is 2.27. The van der Waals surface area contributed by atoms with Gasteiger partial charge in [0.05, 0.1) is 11.4 Å². The van der Waals surface area contributed by atoms with E-state index < -0.39 is 11.9 Å². The van der Waals surface area contributed by atoms with Crippen LogP contribution in [0.4, 0.5) is 4.39 Å². The molecule has 17 heavy (non-hydrogen) atoms. The summed E-state index contributed by atoms with van der Waals surface area (Å²) in [4.78, 5) is 11.6. The average molecular weight is 237 g/mol. The van der Waals surface area contributed by atoms with E-state index in [1.54, 1.807) is 6.07 Å². The van der Waals surface area contributed by atoms with Crippen LogP contribution < -0.4 is 11.3 Å². The lowest BCUT2D eigenvalue weighted by molar-refractivity contribution is 0.181. The van der Waals surface area contributed by atoms with Gasteiger partial charge >= 0.3 is 0 Å². The first-order valence-electron chi connectivity index (χ1n) is 5.08. The number of benzene rings is 1. The van der Waals surface area contributed by atoms with Gasteiger partial charge in [-0.1, -0.05) is 6.07 Å². The fourth-order valence-corrected chi connectivity index (χ4v) is 1.52. The minimum absolute atomic E-state index is 0.00308. The monoisotopic (exact) mass is 237 g/mol. The summed E-state index contributed by atoms with van der Waals surface area (Å²) in [5.41, 5.74) is 5.58. The first-order chi connectivity index (χ1) is 8.11. The number of rotatable bonds is 3. The molecule has 1 aromatic carbocycles. The number of hydrogen-bond acceptors (Lipinski definition) is 3. The molecule has 1 unspecified atom stereocenters. The highest BCUT2D eigenvalue weighted by Crippen LogP contribution is 2.10. The van der Waals surface area contributed by atoms with Crippen molar-refractivity contribution >= 4 is 0 Å². The lowest BCUT2D eigenvalue weighted by atomic mass is 10.3. The Bertz CT molecular complexity index is 576. The molecule has 0 spiro atoms. The van der Waals surface area contributed by atoms with Crippen molar-refractivity contribution in [2.24, 2.45) is 5.73 Å². The summed E-state index contributed by atoms with van der Waals surface area (Å²) in [6.07, 6.45) is -0.933. The minimum Gasteiger partial charge on any atom is -0.385 e. The van der Waals surface area contributed by atoms with Crippen LogP contribution >= 0.6 is 0 Å². The quantitative estimate of drug-likeness (QED) is 0.717. The van der Waals surface area contributed by atoms with Gasteiger partial charge in [0.25, 0.3) is 5.56 Å². The van der Waals surface area contributed by atoms with Crippen LogP contribution in [0.5, 0.6) is 0 Å². The maximum atomic E-state index is 13.0. The second-order valence-electron chi connectivity index (χ2n) is 3.62. The Hall–Kier alpha value is -1.92. The number of aromatic nitrogens is 2. The van der Waals surface area contributed by atoms with Crippen LogP contribution in [0.3, 0.4) is 0 Å². The van der Waals surface area contributed by atoms with Gasteiger partial charge in [0.15, 0.2) is 0 Å². The van der Waals surface area contributed by atoms with E-state index >= 15 is 0 Å². The Morgan fingerprint density at radius 1 is 1.47 bits per heavy atom. The predicted octanol–water partition coefficient (Wildman–Crippen LogP) is 0.297. The molecule has 0 saturated heterocycles. The van der Waals surface area contributed by atoms with E-state index in [1.807, 2.05) is 0 Å². The van der Waals surface area contributed by atoms with Gasteiger partial charge in [-0.05, 0) is 18.2 Å². The number of aliphatic hydroxyl groups is 1. The van der Waals surface area contributed by atoms with Crippen molar-refractivity contribution in [3.63, 3.8) is 0 Å². The molecule has 5 nitrogen and oxygen atoms in total. The third-order valence-electron chi connectivity index (χ3n) is 2.39. The second-order valence-corrected chi connectivity index (χ2v) is 3.62. The molecule has 0 aliphatic heterocycles. The molecule has 4 N–H and O–H groups in total. The van der Waals surface area contributed by atoms with Crippen molar-refractivity contribution in [3.8, 4) is 5.69 Å². The first-order valence-corrected chi connectivity index (χ1v) is 5.08. The number of nitrogens with one attached hydrogen (secondary N) is 1. The van der Waals surface area contributed by atoms with Gasteiger partial charge in [-0.15, -0.1) is 0 Å². The van der Waals surface area contributed by atoms with E-state index in [2.05, 4.69) is 5.10 Å². The van der Waals surface area contributed by atoms with Gasteiger partial charge in [0.2, 0.25) is 0 Å². The summed E-state index contributed by atoms with van der Waals surface area (Å²) in [5, 5.41) is 12.2. The fraction of sp³-hybridized carbons (Fsp3) is 0.182. The summed E-state index contributed by atoms with van der Waals surface area (Å²) in [7, 11) is 0. The van der Waals surface area contributed by atoms with Gasteiger partial charge in [-0.3, -0.25) is 9.89 Å². The third-order valence-corrected chi connectivity index (χ3v) is 2.39. The highest BCUT2D eigenvalue weighted by atomic mass is 19.1. The van der Waals surface area contributed by atoms with E-state index in [0.29, 0.717) is 11.4 Å². The van der Waals surface area contributed by atoms with Crippen molar-refractivity contribution in [2.45, 2.75) is 6.10 Å². The van der Waals surface area contributed by atoms with Crippen LogP contribution in [-0.2, 0) is 0 Å². The highest BCUT2D eigenvalue weighted by molar-refractivity contribution is 5.31. The largest absolute Gasteiger partial charge is 0.385 e. The lowest BCUT2D eigenvalue weighted by Gasteiger charge is -2.05. The number of halogens is 1. The van der Waals surface area contributed by atoms with Gasteiger partial charge in [-0.2, -0.15) is 0 Å². The van der Waals surface area contributed by atoms with Gasteiger partial charge in [-0.25, -0.2) is 9.07 Å². The number of aliphatic hydroxyl groups excluding tert-OH is 1. The molecule has 0 saturated carbocycles. The van der Waals surface area contributed by atoms with E-state index in [-0.39, 0.29) is 12.1 Å². The number of nitrogens with zero attached hydrogens (tertiary/aromatic N) is 1. The summed E-state index contributed by atoms with van der Waals surface area (Å²) < 4.78 is 14.2. The molecule has 0 amide bonds. The standard InChI is InChI=1S/C11H12FN3O2/c12-7-2-1-3-8(4-7)15-11(17)5-9(14-15)10(16)6-13/h1-5,10,14,16H,6,13H2. The lowest BCUT2D eigenvalue weighted by Crippen LogP contribution is -2.14. The molecule has 1 atom stereocenters. The first kappa shape index (κ1) is 11.6. The van der Waals surface area contributed by atoms with Crippen molar-refractivity contribution < 1.29 is 9.50 Å². The van der Waals surface area contributed by atoms with Crippen LogP contribution in [0.2, 0.25) is 0 Å². The molecule has 0 aliphatic rings. The number of hydrogen-bond donors (Lipinski definition) is 3. The van der Waals surface area contributed by atoms with Crippen LogP contribution in [-0.4, -0.2) is 21.4 Å². The zero-order valence-corrected chi connectivity index (χ0v) is 8.93. The SMILES string of the molecule is NCC(O)c1cc(=O)n(-c2cccc(F)c2)[nH]1. The molecule has 0 aliphatic carbocycles. The summed E-state index contributed by atoms with van der Waals surface area (Å²) in [6, 6.07) is 6.82. The van der Waals surface area contributed by atoms with Crippen LogP contribution in [0.15, 0.2) is 35.1 Å². The Morgan fingerprint density at radius 3 is 2.88 bits per heavy atom. The second kappa shape index (κ2) is 4.52. The van der Waals surface area contributed by atoms with Crippen molar-refractivity contribution in [1.29, 1.82) is 0 Å². The van der Waals surface area contributed by atoms with Crippen LogP contribution in [0.25, 0.3) is 5.69 Å². The minimum atomic E-state index is -0.933. The summed E-state index contributed by atoms with van der Waals surface area (Å²) in [6.45, 7) is 0.00308. The van der Waals surface area contributed by atoms with Gasteiger partial charge in [0, 0.05) is 12.6 Å². The number of nitrogens with two attached hydrogens (primary N) is 1. The van der Waals surface area contributed by atoms with Crippen LogP contribution in [0, 0.1) is 5.82 Å². The van der Waals surface area contributed by atoms with Crippen molar-refractivity contribution in [2.75, 3.05) is 6.54 Å². The van der Waals surface area contributed by atoms with Crippen LogP contribution in [0.1, 0.15) is 11.8 Å². The molecule has 0 fully saturated rings.